The second kappa shape index (κ2) is 5.17. The maximum absolute atomic E-state index is 5.97. The number of hydrogen-bond acceptors (Lipinski definition) is 6. The van der Waals surface area contributed by atoms with Gasteiger partial charge in [0, 0.05) is 24.0 Å². The molecule has 94 valence electrons. The molecule has 2 aromatic rings. The lowest BCUT2D eigenvalue weighted by atomic mass is 10.3. The summed E-state index contributed by atoms with van der Waals surface area (Å²) < 4.78 is 5.31. The summed E-state index contributed by atoms with van der Waals surface area (Å²) in [7, 11) is 0. The minimum absolute atomic E-state index is 0.229. The summed E-state index contributed by atoms with van der Waals surface area (Å²) in [6, 6.07) is 1.97. The standard InChI is InChI=1S/C11H11ClN4OS/c12-10-13-9(8-1-6-18-7-8)14-11(15-10)16-2-4-17-5-3-16/h1,6-7H,2-5H2. The quantitative estimate of drug-likeness (QED) is 0.844. The molecule has 3 rings (SSSR count). The SMILES string of the molecule is Clc1nc(-c2ccsc2)nc(N2CCOCC2)n1. The summed E-state index contributed by atoms with van der Waals surface area (Å²) in [6.07, 6.45) is 0. The lowest BCUT2D eigenvalue weighted by Crippen LogP contribution is -2.37. The lowest BCUT2D eigenvalue weighted by Gasteiger charge is -2.26. The van der Waals surface area contributed by atoms with E-state index in [1.54, 1.807) is 11.3 Å². The molecule has 0 aliphatic carbocycles. The van der Waals surface area contributed by atoms with E-state index >= 15 is 0 Å². The number of morpholine rings is 1. The van der Waals surface area contributed by atoms with Crippen molar-refractivity contribution >= 4 is 28.9 Å². The highest BCUT2D eigenvalue weighted by Crippen LogP contribution is 2.22. The van der Waals surface area contributed by atoms with Crippen molar-refractivity contribution in [1.82, 2.24) is 15.0 Å². The van der Waals surface area contributed by atoms with E-state index in [4.69, 9.17) is 16.3 Å². The maximum Gasteiger partial charge on any atom is 0.230 e. The molecule has 1 aliphatic rings. The fraction of sp³-hybridized carbons (Fsp3) is 0.364. The summed E-state index contributed by atoms with van der Waals surface area (Å²) in [5.41, 5.74) is 0.971. The molecular formula is C11H11ClN4OS. The summed E-state index contributed by atoms with van der Waals surface area (Å²) in [6.45, 7) is 2.95. The van der Waals surface area contributed by atoms with Crippen LogP contribution in [-0.4, -0.2) is 41.3 Å². The zero-order valence-electron chi connectivity index (χ0n) is 9.54. The summed E-state index contributed by atoms with van der Waals surface area (Å²) in [5.74, 6) is 1.25. The number of halogens is 1. The van der Waals surface area contributed by atoms with Crippen molar-refractivity contribution < 1.29 is 4.74 Å². The van der Waals surface area contributed by atoms with Gasteiger partial charge in [0.2, 0.25) is 11.2 Å². The Morgan fingerprint density at radius 2 is 2.06 bits per heavy atom. The minimum Gasteiger partial charge on any atom is -0.378 e. The zero-order valence-corrected chi connectivity index (χ0v) is 11.1. The van der Waals surface area contributed by atoms with Crippen LogP contribution in [0.3, 0.4) is 0 Å². The normalized spacial score (nSPS) is 15.9. The van der Waals surface area contributed by atoms with Gasteiger partial charge in [0.1, 0.15) is 0 Å². The molecule has 0 bridgehead atoms. The monoisotopic (exact) mass is 282 g/mol. The number of ether oxygens (including phenoxy) is 1. The van der Waals surface area contributed by atoms with Crippen LogP contribution in [0.15, 0.2) is 16.8 Å². The van der Waals surface area contributed by atoms with Crippen LogP contribution in [0.2, 0.25) is 5.28 Å². The molecule has 0 amide bonds. The molecule has 3 heterocycles. The fourth-order valence-corrected chi connectivity index (χ4v) is 2.56. The predicted octanol–water partition coefficient (Wildman–Crippen LogP) is 2.09. The Morgan fingerprint density at radius 3 is 2.78 bits per heavy atom. The third-order valence-electron chi connectivity index (χ3n) is 2.67. The number of anilines is 1. The first kappa shape index (κ1) is 11.8. The summed E-state index contributed by atoms with van der Waals surface area (Å²) in [4.78, 5) is 14.9. The smallest absolute Gasteiger partial charge is 0.230 e. The minimum atomic E-state index is 0.229. The van der Waals surface area contributed by atoms with Gasteiger partial charge in [-0.3, -0.25) is 0 Å². The third-order valence-corrected chi connectivity index (χ3v) is 3.52. The van der Waals surface area contributed by atoms with E-state index in [9.17, 15) is 0 Å². The Hall–Kier alpha value is -1.24. The van der Waals surface area contributed by atoms with Crippen molar-refractivity contribution in [3.63, 3.8) is 0 Å². The Kier molecular flexibility index (Phi) is 3.40. The number of hydrogen-bond donors (Lipinski definition) is 0. The van der Waals surface area contributed by atoms with Crippen LogP contribution < -0.4 is 4.90 Å². The van der Waals surface area contributed by atoms with Crippen LogP contribution >= 0.6 is 22.9 Å². The molecule has 0 N–H and O–H groups in total. The van der Waals surface area contributed by atoms with Gasteiger partial charge in [0.15, 0.2) is 5.82 Å². The van der Waals surface area contributed by atoms with Gasteiger partial charge in [-0.1, -0.05) is 0 Å². The Morgan fingerprint density at radius 1 is 1.22 bits per heavy atom. The van der Waals surface area contributed by atoms with Gasteiger partial charge in [-0.15, -0.1) is 0 Å². The van der Waals surface area contributed by atoms with Gasteiger partial charge in [-0.05, 0) is 23.0 Å². The van der Waals surface area contributed by atoms with Gasteiger partial charge >= 0.3 is 0 Å². The average Bonchev–Trinajstić information content (AvgIpc) is 2.93. The van der Waals surface area contributed by atoms with E-state index in [1.807, 2.05) is 16.8 Å². The van der Waals surface area contributed by atoms with E-state index in [-0.39, 0.29) is 5.28 Å². The van der Waals surface area contributed by atoms with Crippen molar-refractivity contribution in [1.29, 1.82) is 0 Å². The Labute approximate surface area is 113 Å². The molecule has 5 nitrogen and oxygen atoms in total. The van der Waals surface area contributed by atoms with E-state index in [1.165, 1.54) is 0 Å². The zero-order chi connectivity index (χ0) is 12.4. The lowest BCUT2D eigenvalue weighted by molar-refractivity contribution is 0.122. The number of nitrogens with zero attached hydrogens (tertiary/aromatic N) is 4. The molecule has 18 heavy (non-hydrogen) atoms. The second-order valence-electron chi connectivity index (χ2n) is 3.84. The first-order valence-corrected chi connectivity index (χ1v) is 6.92. The largest absolute Gasteiger partial charge is 0.378 e. The molecule has 0 unspecified atom stereocenters. The third kappa shape index (κ3) is 2.45. The van der Waals surface area contributed by atoms with Crippen LogP contribution in [0.25, 0.3) is 11.4 Å². The fourth-order valence-electron chi connectivity index (χ4n) is 1.77. The molecule has 0 aromatic carbocycles. The van der Waals surface area contributed by atoms with E-state index in [2.05, 4.69) is 19.9 Å². The highest BCUT2D eigenvalue weighted by molar-refractivity contribution is 7.08. The number of aromatic nitrogens is 3. The number of rotatable bonds is 2. The van der Waals surface area contributed by atoms with Crippen LogP contribution in [-0.2, 0) is 4.74 Å². The van der Waals surface area contributed by atoms with Gasteiger partial charge < -0.3 is 9.64 Å². The molecule has 1 fully saturated rings. The first-order chi connectivity index (χ1) is 8.83. The van der Waals surface area contributed by atoms with E-state index in [0.717, 1.165) is 18.7 Å². The van der Waals surface area contributed by atoms with Crippen molar-refractivity contribution in [3.8, 4) is 11.4 Å². The van der Waals surface area contributed by atoms with Crippen molar-refractivity contribution in [2.75, 3.05) is 31.2 Å². The molecular weight excluding hydrogens is 272 g/mol. The van der Waals surface area contributed by atoms with E-state index < -0.39 is 0 Å². The van der Waals surface area contributed by atoms with Crippen LogP contribution in [0.1, 0.15) is 0 Å². The molecule has 2 aromatic heterocycles. The Bertz CT molecular complexity index is 528. The van der Waals surface area contributed by atoms with Crippen molar-refractivity contribution in [2.24, 2.45) is 0 Å². The van der Waals surface area contributed by atoms with Gasteiger partial charge in [-0.2, -0.15) is 26.3 Å². The first-order valence-electron chi connectivity index (χ1n) is 5.60. The Balaban J connectivity index is 1.95. The molecule has 1 aliphatic heterocycles. The molecule has 7 heteroatoms. The van der Waals surface area contributed by atoms with Crippen LogP contribution in [0, 0.1) is 0 Å². The summed E-state index contributed by atoms with van der Waals surface area (Å²) >= 11 is 7.57. The second-order valence-corrected chi connectivity index (χ2v) is 4.96. The van der Waals surface area contributed by atoms with Crippen LogP contribution in [0.4, 0.5) is 5.95 Å². The van der Waals surface area contributed by atoms with Gasteiger partial charge in [-0.25, -0.2) is 0 Å². The topological polar surface area (TPSA) is 51.1 Å². The summed E-state index contributed by atoms with van der Waals surface area (Å²) in [5, 5.41) is 4.21. The van der Waals surface area contributed by atoms with Crippen molar-refractivity contribution in [3.05, 3.63) is 22.1 Å². The maximum atomic E-state index is 5.97. The highest BCUT2D eigenvalue weighted by Gasteiger charge is 2.16. The van der Waals surface area contributed by atoms with Gasteiger partial charge in [0.25, 0.3) is 0 Å². The van der Waals surface area contributed by atoms with E-state index in [0.29, 0.717) is 25.0 Å². The highest BCUT2D eigenvalue weighted by atomic mass is 35.5. The molecule has 1 saturated heterocycles. The molecule has 0 radical (unpaired) electrons. The molecule has 0 atom stereocenters. The molecule has 0 spiro atoms. The number of thiophene rings is 1. The van der Waals surface area contributed by atoms with Gasteiger partial charge in [0.05, 0.1) is 13.2 Å². The average molecular weight is 283 g/mol. The van der Waals surface area contributed by atoms with Crippen LogP contribution in [0.5, 0.6) is 0 Å². The predicted molar refractivity (Wildman–Crippen MR) is 71.2 cm³/mol. The molecule has 0 saturated carbocycles. The van der Waals surface area contributed by atoms with Crippen molar-refractivity contribution in [2.45, 2.75) is 0 Å².